The minimum Gasteiger partial charge on any atom is -0.456 e. The molecule has 0 spiro atoms. The van der Waals surface area contributed by atoms with Crippen molar-refractivity contribution in [1.29, 1.82) is 0 Å². The zero-order chi connectivity index (χ0) is 34.2. The first-order valence-corrected chi connectivity index (χ1v) is 18.2. The molecule has 11 rings (SSSR count). The average Bonchev–Trinajstić information content (AvgIpc) is 3.91. The molecule has 3 heterocycles. The molecule has 0 atom stereocenters. The molecule has 0 saturated heterocycles. The molecule has 11 aromatic rings. The van der Waals surface area contributed by atoms with E-state index in [1.165, 1.54) is 42.1 Å². The van der Waals surface area contributed by atoms with E-state index in [9.17, 15) is 0 Å². The van der Waals surface area contributed by atoms with Gasteiger partial charge in [0.05, 0.1) is 0 Å². The largest absolute Gasteiger partial charge is 0.456 e. The van der Waals surface area contributed by atoms with E-state index < -0.39 is 0 Å². The molecular formula is C47H28N2O2S. The summed E-state index contributed by atoms with van der Waals surface area (Å²) in [6, 6.07) is 59.8. The van der Waals surface area contributed by atoms with Gasteiger partial charge in [0.1, 0.15) is 16.7 Å². The van der Waals surface area contributed by atoms with Crippen LogP contribution in [0.25, 0.3) is 86.6 Å². The molecule has 0 aliphatic rings. The molecule has 8 aromatic carbocycles. The lowest BCUT2D eigenvalue weighted by atomic mass is 9.94. The van der Waals surface area contributed by atoms with Crippen LogP contribution >= 0.6 is 11.3 Å². The van der Waals surface area contributed by atoms with Crippen LogP contribution in [0.15, 0.2) is 179 Å². The molecule has 0 N–H and O–H groups in total. The lowest BCUT2D eigenvalue weighted by Crippen LogP contribution is -2.09. The Morgan fingerprint density at radius 1 is 0.423 bits per heavy atom. The van der Waals surface area contributed by atoms with Gasteiger partial charge in [-0.25, -0.2) is 4.98 Å². The van der Waals surface area contributed by atoms with E-state index in [0.717, 1.165) is 55.7 Å². The predicted molar refractivity (Wildman–Crippen MR) is 217 cm³/mol. The summed E-state index contributed by atoms with van der Waals surface area (Å²) in [7, 11) is 0. The van der Waals surface area contributed by atoms with E-state index in [4.69, 9.17) is 13.8 Å². The number of thiophene rings is 1. The van der Waals surface area contributed by atoms with Crippen molar-refractivity contribution in [3.05, 3.63) is 170 Å². The lowest BCUT2D eigenvalue weighted by molar-refractivity contribution is 0.620. The van der Waals surface area contributed by atoms with E-state index in [2.05, 4.69) is 138 Å². The zero-order valence-electron chi connectivity index (χ0n) is 27.8. The summed E-state index contributed by atoms with van der Waals surface area (Å²) in [4.78, 5) is 7.13. The maximum atomic E-state index is 6.57. The summed E-state index contributed by atoms with van der Waals surface area (Å²) < 4.78 is 15.3. The average molecular weight is 685 g/mol. The highest BCUT2D eigenvalue weighted by molar-refractivity contribution is 7.26. The second-order valence-electron chi connectivity index (χ2n) is 13.1. The summed E-state index contributed by atoms with van der Waals surface area (Å²) in [6.45, 7) is 0. The Balaban J connectivity index is 1.10. The van der Waals surface area contributed by atoms with Gasteiger partial charge in [-0.2, -0.15) is 0 Å². The van der Waals surface area contributed by atoms with Crippen LogP contribution in [0.1, 0.15) is 0 Å². The molecule has 244 valence electrons. The number of oxazole rings is 1. The Morgan fingerprint density at radius 2 is 1.15 bits per heavy atom. The van der Waals surface area contributed by atoms with Crippen molar-refractivity contribution >= 4 is 92.4 Å². The summed E-state index contributed by atoms with van der Waals surface area (Å²) in [5.41, 5.74) is 9.77. The van der Waals surface area contributed by atoms with E-state index in [1.807, 2.05) is 47.7 Å². The SMILES string of the molecule is c1ccc(N(c2ccc3c(c2)oc2cccc(-c4nc5ccccc5o4)c23)c2ccc3sc4cccc(-c5cccc6ccccc56)c4c3c2)cc1. The Morgan fingerprint density at radius 3 is 2.10 bits per heavy atom. The number of anilines is 3. The van der Waals surface area contributed by atoms with E-state index in [1.54, 1.807) is 0 Å². The van der Waals surface area contributed by atoms with Crippen molar-refractivity contribution in [2.75, 3.05) is 4.90 Å². The van der Waals surface area contributed by atoms with Crippen LogP contribution in [0.5, 0.6) is 0 Å². The number of para-hydroxylation sites is 3. The van der Waals surface area contributed by atoms with Crippen molar-refractivity contribution in [3.8, 4) is 22.6 Å². The third-order valence-electron chi connectivity index (χ3n) is 10.1. The quantitative estimate of drug-likeness (QED) is 0.181. The third kappa shape index (κ3) is 4.50. The Kier molecular flexibility index (Phi) is 6.39. The van der Waals surface area contributed by atoms with Crippen molar-refractivity contribution in [1.82, 2.24) is 4.98 Å². The van der Waals surface area contributed by atoms with Gasteiger partial charge in [0.2, 0.25) is 5.89 Å². The van der Waals surface area contributed by atoms with Gasteiger partial charge < -0.3 is 13.7 Å². The summed E-state index contributed by atoms with van der Waals surface area (Å²) >= 11 is 1.85. The van der Waals surface area contributed by atoms with Crippen molar-refractivity contribution in [3.63, 3.8) is 0 Å². The molecule has 4 nitrogen and oxygen atoms in total. The van der Waals surface area contributed by atoms with E-state index in [0.29, 0.717) is 5.89 Å². The topological polar surface area (TPSA) is 42.4 Å². The molecular weight excluding hydrogens is 657 g/mol. The van der Waals surface area contributed by atoms with Gasteiger partial charge in [0, 0.05) is 59.6 Å². The van der Waals surface area contributed by atoms with Gasteiger partial charge in [-0.1, -0.05) is 91.0 Å². The molecule has 0 aliphatic carbocycles. The lowest BCUT2D eigenvalue weighted by Gasteiger charge is -2.25. The number of benzene rings is 8. The van der Waals surface area contributed by atoms with Gasteiger partial charge in [-0.3, -0.25) is 0 Å². The molecule has 3 aromatic heterocycles. The molecule has 0 fully saturated rings. The standard InChI is InChI=1S/C47H28N2O2S/c1-2-13-30(14-3-1)49(32-23-25-36-42(28-32)50-41-21-9-18-37(45(36)41)47-48-39-19-6-7-20-40(39)51-47)31-24-26-43-38(27-31)46-35(17-10-22-44(46)52-43)34-16-8-12-29-11-4-5-15-33(29)34/h1-28H. The minimum absolute atomic E-state index is 0.587. The Bertz CT molecular complexity index is 3120. The highest BCUT2D eigenvalue weighted by Crippen LogP contribution is 2.46. The molecule has 5 heteroatoms. The Labute approximate surface area is 302 Å². The normalized spacial score (nSPS) is 11.8. The molecule has 0 bridgehead atoms. The maximum absolute atomic E-state index is 6.57. The van der Waals surface area contributed by atoms with Crippen LogP contribution in [0.4, 0.5) is 17.1 Å². The number of fused-ring (bicyclic) bond motifs is 8. The fourth-order valence-electron chi connectivity index (χ4n) is 7.78. The number of furan rings is 1. The van der Waals surface area contributed by atoms with Gasteiger partial charge in [0.15, 0.2) is 5.58 Å². The van der Waals surface area contributed by atoms with E-state index >= 15 is 0 Å². The molecule has 0 aliphatic heterocycles. The van der Waals surface area contributed by atoms with Gasteiger partial charge in [0.25, 0.3) is 0 Å². The summed E-state index contributed by atoms with van der Waals surface area (Å²) in [6.07, 6.45) is 0. The highest BCUT2D eigenvalue weighted by atomic mass is 32.1. The molecule has 0 radical (unpaired) electrons. The van der Waals surface area contributed by atoms with E-state index in [-0.39, 0.29) is 0 Å². The second-order valence-corrected chi connectivity index (χ2v) is 14.2. The zero-order valence-corrected chi connectivity index (χ0v) is 28.6. The summed E-state index contributed by atoms with van der Waals surface area (Å²) in [5.74, 6) is 0.587. The highest BCUT2D eigenvalue weighted by Gasteiger charge is 2.21. The van der Waals surface area contributed by atoms with Crippen LogP contribution in [0.3, 0.4) is 0 Å². The molecule has 0 unspecified atom stereocenters. The van der Waals surface area contributed by atoms with Crippen LogP contribution in [-0.2, 0) is 0 Å². The Hall–Kier alpha value is -6.69. The van der Waals surface area contributed by atoms with Gasteiger partial charge in [-0.05, 0) is 94.7 Å². The van der Waals surface area contributed by atoms with Crippen molar-refractivity contribution < 1.29 is 8.83 Å². The first-order valence-electron chi connectivity index (χ1n) is 17.4. The van der Waals surface area contributed by atoms with Crippen LogP contribution in [-0.4, -0.2) is 4.98 Å². The first kappa shape index (κ1) is 29.1. The van der Waals surface area contributed by atoms with Gasteiger partial charge >= 0.3 is 0 Å². The molecule has 52 heavy (non-hydrogen) atoms. The molecule has 0 saturated carbocycles. The smallest absolute Gasteiger partial charge is 0.228 e. The summed E-state index contributed by atoms with van der Waals surface area (Å²) in [5, 5.41) is 7.05. The van der Waals surface area contributed by atoms with Crippen LogP contribution in [0, 0.1) is 0 Å². The number of hydrogen-bond acceptors (Lipinski definition) is 5. The number of nitrogens with zero attached hydrogens (tertiary/aromatic N) is 2. The van der Waals surface area contributed by atoms with Crippen LogP contribution in [0.2, 0.25) is 0 Å². The van der Waals surface area contributed by atoms with Crippen molar-refractivity contribution in [2.45, 2.75) is 0 Å². The number of aromatic nitrogens is 1. The fraction of sp³-hybridized carbons (Fsp3) is 0. The van der Waals surface area contributed by atoms with Gasteiger partial charge in [-0.15, -0.1) is 11.3 Å². The van der Waals surface area contributed by atoms with Crippen LogP contribution < -0.4 is 4.90 Å². The maximum Gasteiger partial charge on any atom is 0.228 e. The predicted octanol–water partition coefficient (Wildman–Crippen LogP) is 14.1. The second kappa shape index (κ2) is 11.4. The monoisotopic (exact) mass is 684 g/mol. The first-order chi connectivity index (χ1) is 25.8. The third-order valence-corrected chi connectivity index (χ3v) is 11.2. The minimum atomic E-state index is 0.587. The fourth-order valence-corrected chi connectivity index (χ4v) is 8.89. The van der Waals surface area contributed by atoms with Crippen molar-refractivity contribution in [2.24, 2.45) is 0 Å². The number of rotatable bonds is 5. The molecule has 0 amide bonds. The number of hydrogen-bond donors (Lipinski definition) is 0.